The molecule has 0 radical (unpaired) electrons. The third-order valence-corrected chi connectivity index (χ3v) is 2.62. The maximum absolute atomic E-state index is 5.76. The van der Waals surface area contributed by atoms with Crippen LogP contribution in [0.5, 0.6) is 11.5 Å². The SMILES string of the molecule is COc1ccc(OCCCN(C)C)c(C#CCCl)c1. The van der Waals surface area contributed by atoms with Crippen molar-refractivity contribution in [1.29, 1.82) is 0 Å². The Balaban J connectivity index is 2.70. The lowest BCUT2D eigenvalue weighted by Crippen LogP contribution is -2.15. The van der Waals surface area contributed by atoms with Gasteiger partial charge in [0.25, 0.3) is 0 Å². The van der Waals surface area contributed by atoms with Crippen LogP contribution in [0.25, 0.3) is 0 Å². The minimum Gasteiger partial charge on any atom is -0.497 e. The van der Waals surface area contributed by atoms with Gasteiger partial charge in [-0.15, -0.1) is 11.6 Å². The van der Waals surface area contributed by atoms with Crippen LogP contribution < -0.4 is 9.47 Å². The van der Waals surface area contributed by atoms with Crippen molar-refractivity contribution in [2.75, 3.05) is 40.2 Å². The highest BCUT2D eigenvalue weighted by Crippen LogP contribution is 2.23. The molecule has 1 aromatic carbocycles. The van der Waals surface area contributed by atoms with E-state index in [0.29, 0.717) is 12.5 Å². The van der Waals surface area contributed by atoms with E-state index in [2.05, 4.69) is 16.7 Å². The lowest BCUT2D eigenvalue weighted by atomic mass is 10.2. The number of alkyl halides is 1. The van der Waals surface area contributed by atoms with Gasteiger partial charge in [0.2, 0.25) is 0 Å². The highest BCUT2D eigenvalue weighted by Gasteiger charge is 2.04. The van der Waals surface area contributed by atoms with E-state index in [9.17, 15) is 0 Å². The van der Waals surface area contributed by atoms with Gasteiger partial charge >= 0.3 is 0 Å². The van der Waals surface area contributed by atoms with Gasteiger partial charge in [0.05, 0.1) is 25.2 Å². The second-order valence-corrected chi connectivity index (χ2v) is 4.57. The molecular weight excluding hydrogens is 262 g/mol. The number of methoxy groups -OCH3 is 1. The monoisotopic (exact) mass is 281 g/mol. The summed E-state index contributed by atoms with van der Waals surface area (Å²) in [6.07, 6.45) is 0.974. The van der Waals surface area contributed by atoms with Crippen molar-refractivity contribution >= 4 is 11.6 Å². The van der Waals surface area contributed by atoms with E-state index in [-0.39, 0.29) is 0 Å². The number of benzene rings is 1. The zero-order chi connectivity index (χ0) is 14.1. The minimum atomic E-state index is 0.303. The number of ether oxygens (including phenoxy) is 2. The highest BCUT2D eigenvalue weighted by molar-refractivity contribution is 6.19. The molecule has 1 aromatic rings. The van der Waals surface area contributed by atoms with E-state index in [1.165, 1.54) is 0 Å². The maximum Gasteiger partial charge on any atom is 0.135 e. The van der Waals surface area contributed by atoms with E-state index >= 15 is 0 Å². The molecule has 0 N–H and O–H groups in total. The average molecular weight is 282 g/mol. The molecule has 0 aromatic heterocycles. The molecule has 0 spiro atoms. The topological polar surface area (TPSA) is 21.7 Å². The molecular formula is C15H20ClNO2. The van der Waals surface area contributed by atoms with Crippen molar-refractivity contribution in [2.24, 2.45) is 0 Å². The molecule has 0 aliphatic heterocycles. The summed E-state index contributed by atoms with van der Waals surface area (Å²) in [5, 5.41) is 0. The summed E-state index contributed by atoms with van der Waals surface area (Å²) in [4.78, 5) is 2.13. The third-order valence-electron chi connectivity index (χ3n) is 2.48. The van der Waals surface area contributed by atoms with Gasteiger partial charge in [-0.05, 0) is 38.7 Å². The third kappa shape index (κ3) is 5.87. The van der Waals surface area contributed by atoms with Crippen molar-refractivity contribution in [3.05, 3.63) is 23.8 Å². The van der Waals surface area contributed by atoms with Crippen LogP contribution in [-0.4, -0.2) is 45.1 Å². The van der Waals surface area contributed by atoms with E-state index in [4.69, 9.17) is 21.1 Å². The molecule has 0 aliphatic rings. The van der Waals surface area contributed by atoms with Crippen LogP contribution in [0.15, 0.2) is 18.2 Å². The molecule has 4 heteroatoms. The van der Waals surface area contributed by atoms with Gasteiger partial charge in [-0.3, -0.25) is 0 Å². The van der Waals surface area contributed by atoms with Gasteiger partial charge in [0.15, 0.2) is 0 Å². The lowest BCUT2D eigenvalue weighted by molar-refractivity contribution is 0.280. The fourth-order valence-corrected chi connectivity index (χ4v) is 1.62. The molecule has 1 rings (SSSR count). The maximum atomic E-state index is 5.76. The van der Waals surface area contributed by atoms with Gasteiger partial charge in [-0.25, -0.2) is 0 Å². The van der Waals surface area contributed by atoms with Gasteiger partial charge in [-0.2, -0.15) is 0 Å². The molecule has 0 saturated heterocycles. The highest BCUT2D eigenvalue weighted by atomic mass is 35.5. The first-order chi connectivity index (χ1) is 9.17. The molecule has 0 aliphatic carbocycles. The molecule has 0 heterocycles. The zero-order valence-electron chi connectivity index (χ0n) is 11.7. The number of hydrogen-bond acceptors (Lipinski definition) is 3. The molecule has 0 saturated carbocycles. The Morgan fingerprint density at radius 3 is 2.74 bits per heavy atom. The summed E-state index contributed by atoms with van der Waals surface area (Å²) in [6, 6.07) is 5.61. The zero-order valence-corrected chi connectivity index (χ0v) is 12.5. The number of rotatable bonds is 6. The van der Waals surface area contributed by atoms with Gasteiger partial charge in [0.1, 0.15) is 11.5 Å². The Labute approximate surface area is 120 Å². The Hall–Kier alpha value is -1.37. The quantitative estimate of drug-likeness (QED) is 0.455. The Morgan fingerprint density at radius 2 is 2.11 bits per heavy atom. The summed E-state index contributed by atoms with van der Waals surface area (Å²) >= 11 is 5.59. The van der Waals surface area contributed by atoms with E-state index in [0.717, 1.165) is 30.0 Å². The second-order valence-electron chi connectivity index (χ2n) is 4.30. The van der Waals surface area contributed by atoms with Crippen LogP contribution in [0.2, 0.25) is 0 Å². The molecule has 0 fully saturated rings. The summed E-state index contributed by atoms with van der Waals surface area (Å²) in [6.45, 7) is 1.67. The van der Waals surface area contributed by atoms with Gasteiger partial charge < -0.3 is 14.4 Å². The average Bonchev–Trinajstić information content (AvgIpc) is 2.41. The van der Waals surface area contributed by atoms with Crippen molar-refractivity contribution in [3.8, 4) is 23.3 Å². The van der Waals surface area contributed by atoms with Crippen LogP contribution in [0.3, 0.4) is 0 Å². The van der Waals surface area contributed by atoms with Gasteiger partial charge in [0, 0.05) is 6.54 Å². The van der Waals surface area contributed by atoms with Crippen molar-refractivity contribution < 1.29 is 9.47 Å². The fraction of sp³-hybridized carbons (Fsp3) is 0.467. The van der Waals surface area contributed by atoms with E-state index in [1.54, 1.807) is 7.11 Å². The largest absolute Gasteiger partial charge is 0.497 e. The Bertz CT molecular complexity index is 449. The van der Waals surface area contributed by atoms with Crippen molar-refractivity contribution in [3.63, 3.8) is 0 Å². The molecule has 3 nitrogen and oxygen atoms in total. The van der Waals surface area contributed by atoms with Crippen LogP contribution in [0, 0.1) is 11.8 Å². The summed E-state index contributed by atoms with van der Waals surface area (Å²) in [5.41, 5.74) is 0.810. The van der Waals surface area contributed by atoms with E-state index < -0.39 is 0 Å². The number of nitrogens with zero attached hydrogens (tertiary/aromatic N) is 1. The summed E-state index contributed by atoms with van der Waals surface area (Å²) in [7, 11) is 5.72. The first-order valence-electron chi connectivity index (χ1n) is 6.17. The first-order valence-corrected chi connectivity index (χ1v) is 6.71. The van der Waals surface area contributed by atoms with Crippen LogP contribution >= 0.6 is 11.6 Å². The standard InChI is InChI=1S/C15H20ClNO2/c1-17(2)10-5-11-19-15-8-7-14(18-3)12-13(15)6-4-9-16/h7-8,12H,5,9-11H2,1-3H3. The normalized spacial score (nSPS) is 9.95. The fourth-order valence-electron chi connectivity index (χ4n) is 1.55. The van der Waals surface area contributed by atoms with Crippen molar-refractivity contribution in [1.82, 2.24) is 4.90 Å². The van der Waals surface area contributed by atoms with Gasteiger partial charge in [-0.1, -0.05) is 11.8 Å². The minimum absolute atomic E-state index is 0.303. The van der Waals surface area contributed by atoms with Crippen LogP contribution in [0.4, 0.5) is 0 Å². The second kappa shape index (κ2) is 8.68. The van der Waals surface area contributed by atoms with Crippen LogP contribution in [0.1, 0.15) is 12.0 Å². The molecule has 0 atom stereocenters. The summed E-state index contributed by atoms with van der Waals surface area (Å²) in [5.74, 6) is 7.67. The van der Waals surface area contributed by atoms with E-state index in [1.807, 2.05) is 32.3 Å². The lowest BCUT2D eigenvalue weighted by Gasteiger charge is -2.12. The molecule has 104 valence electrons. The molecule has 0 bridgehead atoms. The first kappa shape index (κ1) is 15.7. The number of hydrogen-bond donors (Lipinski definition) is 0. The smallest absolute Gasteiger partial charge is 0.135 e. The molecule has 0 unspecified atom stereocenters. The Kier molecular flexibility index (Phi) is 7.17. The Morgan fingerprint density at radius 1 is 1.32 bits per heavy atom. The predicted octanol–water partition coefficient (Wildman–Crippen LogP) is 2.62. The molecule has 19 heavy (non-hydrogen) atoms. The summed E-state index contributed by atoms with van der Waals surface area (Å²) < 4.78 is 10.9. The predicted molar refractivity (Wildman–Crippen MR) is 79.3 cm³/mol. The number of halogens is 1. The molecule has 0 amide bonds. The van der Waals surface area contributed by atoms with Crippen molar-refractivity contribution in [2.45, 2.75) is 6.42 Å². The van der Waals surface area contributed by atoms with Crippen LogP contribution in [-0.2, 0) is 0 Å².